The van der Waals surface area contributed by atoms with Crippen molar-refractivity contribution in [1.82, 2.24) is 40.0 Å². The summed E-state index contributed by atoms with van der Waals surface area (Å²) in [6.45, 7) is 9.73. The second kappa shape index (κ2) is 7.72. The predicted octanol–water partition coefficient (Wildman–Crippen LogP) is 3.16. The lowest BCUT2D eigenvalue weighted by molar-refractivity contribution is 0.158. The van der Waals surface area contributed by atoms with Gasteiger partial charge in [-0.25, -0.2) is 9.78 Å². The number of benzene rings is 1. The molecule has 1 fully saturated rings. The zero-order valence-electron chi connectivity index (χ0n) is 19.1. The Bertz CT molecular complexity index is 1150. The third kappa shape index (κ3) is 3.27. The van der Waals surface area contributed by atoms with Gasteiger partial charge in [0.2, 0.25) is 0 Å². The lowest BCUT2D eigenvalue weighted by atomic mass is 9.79. The molecule has 0 saturated carbocycles. The van der Waals surface area contributed by atoms with Crippen LogP contribution < -0.4 is 0 Å². The summed E-state index contributed by atoms with van der Waals surface area (Å²) in [6, 6.07) is 8.49. The van der Waals surface area contributed by atoms with E-state index in [9.17, 15) is 4.79 Å². The number of hydrogen-bond acceptors (Lipinski definition) is 5. The van der Waals surface area contributed by atoms with E-state index in [1.165, 1.54) is 0 Å². The number of aromatic amines is 1. The molecule has 0 spiro atoms. The van der Waals surface area contributed by atoms with Crippen molar-refractivity contribution in [3.63, 3.8) is 0 Å². The van der Waals surface area contributed by atoms with Crippen LogP contribution in [0.25, 0.3) is 11.0 Å². The van der Waals surface area contributed by atoms with E-state index in [0.717, 1.165) is 23.3 Å². The first-order chi connectivity index (χ1) is 15.4. The number of aryl methyl sites for hydroxylation is 2. The van der Waals surface area contributed by atoms with Gasteiger partial charge in [0.25, 0.3) is 0 Å². The maximum Gasteiger partial charge on any atom is 0.321 e. The fourth-order valence-electron chi connectivity index (χ4n) is 5.24. The summed E-state index contributed by atoms with van der Waals surface area (Å²) in [7, 11) is 0. The molecule has 0 radical (unpaired) electrons. The predicted molar refractivity (Wildman–Crippen MR) is 121 cm³/mol. The first-order valence-corrected chi connectivity index (χ1v) is 11.3. The molecule has 1 N–H and O–H groups in total. The van der Waals surface area contributed by atoms with Gasteiger partial charge in [-0.15, -0.1) is 10.2 Å². The second-order valence-electron chi connectivity index (χ2n) is 9.43. The van der Waals surface area contributed by atoms with E-state index < -0.39 is 0 Å². The van der Waals surface area contributed by atoms with Crippen LogP contribution in [0.1, 0.15) is 45.8 Å². The number of nitrogens with zero attached hydrogens (tertiary/aromatic N) is 7. The van der Waals surface area contributed by atoms with Crippen LogP contribution in [0.3, 0.4) is 0 Å². The van der Waals surface area contributed by atoms with Crippen LogP contribution in [-0.2, 0) is 19.5 Å². The second-order valence-corrected chi connectivity index (χ2v) is 9.43. The number of carbonyl (C=O) groups is 1. The average molecular weight is 435 g/mol. The number of imidazole rings is 1. The highest BCUT2D eigenvalue weighted by molar-refractivity contribution is 5.81. The molecule has 5 rings (SSSR count). The van der Waals surface area contributed by atoms with Gasteiger partial charge in [0, 0.05) is 19.0 Å². The average Bonchev–Trinajstić information content (AvgIpc) is 3.44. The minimum absolute atomic E-state index is 0.0861. The molecule has 1 saturated heterocycles. The molecule has 3 heterocycles. The van der Waals surface area contributed by atoms with Crippen LogP contribution in [-0.4, -0.2) is 63.6 Å². The van der Waals surface area contributed by atoms with Gasteiger partial charge >= 0.3 is 6.03 Å². The van der Waals surface area contributed by atoms with Crippen molar-refractivity contribution >= 4 is 17.1 Å². The normalized spacial score (nSPS) is 25.3. The van der Waals surface area contributed by atoms with E-state index in [2.05, 4.69) is 76.0 Å². The topological polar surface area (TPSA) is 95.8 Å². The molecule has 9 heteroatoms. The summed E-state index contributed by atoms with van der Waals surface area (Å²) in [4.78, 5) is 22.6. The van der Waals surface area contributed by atoms with Gasteiger partial charge in [0.05, 0.1) is 29.2 Å². The van der Waals surface area contributed by atoms with Gasteiger partial charge in [-0.1, -0.05) is 36.4 Å². The standard InChI is InChI=1S/C23H30N8O/c1-15(2)31-19-13-16(3)9-11-23(19,4)30(22(31)32)14-21-24-17-7-5-6-8-18(17)29(21)12-10-20-25-27-28-26-20/h5-9,11,15-16,19H,10,12-14H2,1-4H3,(H,25,26,27,28). The number of para-hydroxylation sites is 2. The molecule has 3 aromatic rings. The van der Waals surface area contributed by atoms with Crippen molar-refractivity contribution in [2.45, 2.75) is 71.2 Å². The van der Waals surface area contributed by atoms with Crippen molar-refractivity contribution in [1.29, 1.82) is 0 Å². The molecule has 0 bridgehead atoms. The molecule has 1 aliphatic carbocycles. The monoisotopic (exact) mass is 434 g/mol. The van der Waals surface area contributed by atoms with Crippen molar-refractivity contribution in [3.8, 4) is 0 Å². The fourth-order valence-corrected chi connectivity index (χ4v) is 5.24. The molecular weight excluding hydrogens is 404 g/mol. The number of nitrogens with one attached hydrogen (secondary N) is 1. The summed E-state index contributed by atoms with van der Waals surface area (Å²) in [5, 5.41) is 14.3. The quantitative estimate of drug-likeness (QED) is 0.601. The van der Waals surface area contributed by atoms with Crippen LogP contribution in [0.15, 0.2) is 36.4 Å². The Morgan fingerprint density at radius 2 is 2.09 bits per heavy atom. The summed E-state index contributed by atoms with van der Waals surface area (Å²) in [5.41, 5.74) is 1.62. The number of rotatable bonds is 6. The Morgan fingerprint density at radius 1 is 1.28 bits per heavy atom. The van der Waals surface area contributed by atoms with Gasteiger partial charge in [0.15, 0.2) is 5.82 Å². The Morgan fingerprint density at radius 3 is 2.84 bits per heavy atom. The maximum atomic E-state index is 13.6. The van der Waals surface area contributed by atoms with Crippen LogP contribution >= 0.6 is 0 Å². The lowest BCUT2D eigenvalue weighted by Gasteiger charge is -2.40. The van der Waals surface area contributed by atoms with Crippen molar-refractivity contribution in [3.05, 3.63) is 48.1 Å². The van der Waals surface area contributed by atoms with E-state index in [1.54, 1.807) is 0 Å². The van der Waals surface area contributed by atoms with E-state index in [4.69, 9.17) is 4.98 Å². The van der Waals surface area contributed by atoms with Crippen molar-refractivity contribution in [2.75, 3.05) is 0 Å². The first kappa shape index (κ1) is 20.7. The van der Waals surface area contributed by atoms with Crippen LogP contribution in [0, 0.1) is 5.92 Å². The third-order valence-electron chi connectivity index (χ3n) is 6.94. The van der Waals surface area contributed by atoms with Crippen molar-refractivity contribution < 1.29 is 4.79 Å². The zero-order chi connectivity index (χ0) is 22.5. The minimum Gasteiger partial charge on any atom is -0.326 e. The highest BCUT2D eigenvalue weighted by atomic mass is 16.2. The minimum atomic E-state index is -0.357. The molecule has 1 aliphatic heterocycles. The number of hydrogen-bond donors (Lipinski definition) is 1. The summed E-state index contributed by atoms with van der Waals surface area (Å²) in [6.07, 6.45) is 6.09. The van der Waals surface area contributed by atoms with Gasteiger partial charge < -0.3 is 14.4 Å². The van der Waals surface area contributed by atoms with E-state index >= 15 is 0 Å². The molecule has 1 aromatic carbocycles. The number of aromatic nitrogens is 6. The van der Waals surface area contributed by atoms with Crippen LogP contribution in [0.4, 0.5) is 4.79 Å². The summed E-state index contributed by atoms with van der Waals surface area (Å²) in [5.74, 6) is 2.00. The molecule has 3 unspecified atom stereocenters. The smallest absolute Gasteiger partial charge is 0.321 e. The summed E-state index contributed by atoms with van der Waals surface area (Å²) >= 11 is 0. The third-order valence-corrected chi connectivity index (χ3v) is 6.94. The van der Waals surface area contributed by atoms with E-state index in [-0.39, 0.29) is 23.7 Å². The number of carbonyl (C=O) groups excluding carboxylic acids is 1. The van der Waals surface area contributed by atoms with Crippen molar-refractivity contribution in [2.24, 2.45) is 5.92 Å². The SMILES string of the molecule is CC1C=CC2(C)C(C1)N(C(C)C)C(=O)N2Cc1nc2ccccc2n1CCc1nn[nH]n1. The zero-order valence-corrected chi connectivity index (χ0v) is 19.1. The molecule has 2 aromatic heterocycles. The molecule has 9 nitrogen and oxygen atoms in total. The van der Waals surface area contributed by atoms with Crippen LogP contribution in [0.5, 0.6) is 0 Å². The Hall–Kier alpha value is -3.23. The van der Waals surface area contributed by atoms with Gasteiger partial charge in [-0.3, -0.25) is 0 Å². The van der Waals surface area contributed by atoms with Gasteiger partial charge in [-0.05, 0) is 45.2 Å². The molecule has 3 atom stereocenters. The lowest BCUT2D eigenvalue weighted by Crippen LogP contribution is -2.50. The maximum absolute atomic E-state index is 13.6. The van der Waals surface area contributed by atoms with Gasteiger partial charge in [-0.2, -0.15) is 5.21 Å². The Kier molecular flexibility index (Phi) is 4.98. The summed E-state index contributed by atoms with van der Waals surface area (Å²) < 4.78 is 2.19. The number of fused-ring (bicyclic) bond motifs is 2. The Labute approximate surface area is 187 Å². The van der Waals surface area contributed by atoms with E-state index in [0.29, 0.717) is 31.3 Å². The molecule has 32 heavy (non-hydrogen) atoms. The number of allylic oxidation sites excluding steroid dienone is 1. The number of H-pyrrole nitrogens is 1. The molecular formula is C23H30N8O. The highest BCUT2D eigenvalue weighted by Gasteiger charge is 2.55. The van der Waals surface area contributed by atoms with Crippen LogP contribution in [0.2, 0.25) is 0 Å². The number of urea groups is 1. The molecule has 168 valence electrons. The van der Waals surface area contributed by atoms with E-state index in [1.807, 2.05) is 23.1 Å². The van der Waals surface area contributed by atoms with Gasteiger partial charge in [0.1, 0.15) is 5.82 Å². The first-order valence-electron chi connectivity index (χ1n) is 11.3. The fraction of sp³-hybridized carbons (Fsp3) is 0.522. The largest absolute Gasteiger partial charge is 0.326 e. The highest BCUT2D eigenvalue weighted by Crippen LogP contribution is 2.42. The molecule has 2 aliphatic rings. The molecule has 2 amide bonds. The number of amides is 2. The Balaban J connectivity index is 1.52. The number of tetrazole rings is 1.